The van der Waals surface area contributed by atoms with Gasteiger partial charge < -0.3 is 20.3 Å². The molecule has 0 aromatic carbocycles. The molecule has 2 atom stereocenters. The van der Waals surface area contributed by atoms with Crippen LogP contribution in [-0.4, -0.2) is 54.2 Å². The van der Waals surface area contributed by atoms with Gasteiger partial charge in [0.2, 0.25) is 5.91 Å². The van der Waals surface area contributed by atoms with Crippen LogP contribution in [0.5, 0.6) is 0 Å². The molecule has 6 heteroatoms. The van der Waals surface area contributed by atoms with Crippen LogP contribution in [0.4, 0.5) is 4.79 Å². The molecule has 0 spiro atoms. The van der Waals surface area contributed by atoms with Crippen LogP contribution in [0.3, 0.4) is 0 Å². The normalized spacial score (nSPS) is 22.3. The molecule has 1 heterocycles. The third-order valence-corrected chi connectivity index (χ3v) is 4.53. The summed E-state index contributed by atoms with van der Waals surface area (Å²) in [6, 6.07) is 0.376. The largest absolute Gasteiger partial charge is 0.444 e. The van der Waals surface area contributed by atoms with Gasteiger partial charge in [-0.2, -0.15) is 0 Å². The van der Waals surface area contributed by atoms with Gasteiger partial charge in [0.25, 0.3) is 0 Å². The number of rotatable bonds is 7. The Kier molecular flexibility index (Phi) is 6.49. The molecule has 0 radical (unpaired) electrons. The first-order valence-corrected chi connectivity index (χ1v) is 9.24. The first-order valence-electron chi connectivity index (χ1n) is 9.24. The van der Waals surface area contributed by atoms with Crippen molar-refractivity contribution in [3.05, 3.63) is 0 Å². The molecule has 1 saturated heterocycles. The molecule has 2 amide bonds. The van der Waals surface area contributed by atoms with Gasteiger partial charge in [0.05, 0.1) is 6.54 Å². The summed E-state index contributed by atoms with van der Waals surface area (Å²) in [5, 5.41) is 6.23. The van der Waals surface area contributed by atoms with Crippen molar-refractivity contribution in [1.29, 1.82) is 0 Å². The van der Waals surface area contributed by atoms with Crippen LogP contribution >= 0.6 is 0 Å². The van der Waals surface area contributed by atoms with Gasteiger partial charge >= 0.3 is 6.09 Å². The van der Waals surface area contributed by atoms with Crippen molar-refractivity contribution in [2.24, 2.45) is 5.92 Å². The van der Waals surface area contributed by atoms with Crippen LogP contribution in [0.15, 0.2) is 0 Å². The van der Waals surface area contributed by atoms with E-state index in [0.29, 0.717) is 12.5 Å². The minimum absolute atomic E-state index is 0.0594. The van der Waals surface area contributed by atoms with Gasteiger partial charge in [-0.1, -0.05) is 0 Å². The van der Waals surface area contributed by atoms with Crippen molar-refractivity contribution in [1.82, 2.24) is 15.5 Å². The van der Waals surface area contributed by atoms with E-state index in [1.165, 1.54) is 12.8 Å². The highest BCUT2D eigenvalue weighted by atomic mass is 16.6. The molecule has 0 unspecified atom stereocenters. The van der Waals surface area contributed by atoms with E-state index in [1.807, 2.05) is 25.7 Å². The summed E-state index contributed by atoms with van der Waals surface area (Å²) in [7, 11) is 0. The lowest BCUT2D eigenvalue weighted by molar-refractivity contribution is -0.120. The number of amides is 2. The monoisotopic (exact) mass is 339 g/mol. The predicted molar refractivity (Wildman–Crippen MR) is 93.8 cm³/mol. The summed E-state index contributed by atoms with van der Waals surface area (Å²) < 4.78 is 5.49. The molecule has 1 aliphatic heterocycles. The van der Waals surface area contributed by atoms with Gasteiger partial charge in [0, 0.05) is 25.2 Å². The number of ether oxygens (including phenoxy) is 1. The quantitative estimate of drug-likeness (QED) is 0.746. The fraction of sp³-hybridized carbons (Fsp3) is 0.889. The third-order valence-electron chi connectivity index (χ3n) is 4.53. The smallest absolute Gasteiger partial charge is 0.410 e. The molecule has 2 aliphatic rings. The molecule has 24 heavy (non-hydrogen) atoms. The Morgan fingerprint density at radius 2 is 1.96 bits per heavy atom. The van der Waals surface area contributed by atoms with E-state index >= 15 is 0 Å². The Balaban J connectivity index is 1.70. The maximum atomic E-state index is 12.3. The van der Waals surface area contributed by atoms with Crippen LogP contribution in [0.1, 0.15) is 59.8 Å². The summed E-state index contributed by atoms with van der Waals surface area (Å²) in [6.45, 7) is 9.64. The summed E-state index contributed by atoms with van der Waals surface area (Å²) in [6.07, 6.45) is 5.12. The van der Waals surface area contributed by atoms with E-state index in [4.69, 9.17) is 4.74 Å². The van der Waals surface area contributed by atoms with E-state index in [9.17, 15) is 9.59 Å². The van der Waals surface area contributed by atoms with Crippen LogP contribution in [0, 0.1) is 5.92 Å². The van der Waals surface area contributed by atoms with Crippen molar-refractivity contribution in [2.75, 3.05) is 19.6 Å². The molecular formula is C18H33N3O3. The van der Waals surface area contributed by atoms with Crippen LogP contribution in [-0.2, 0) is 9.53 Å². The van der Waals surface area contributed by atoms with Gasteiger partial charge in [-0.05, 0) is 65.7 Å². The van der Waals surface area contributed by atoms with Crippen LogP contribution in [0.2, 0.25) is 0 Å². The van der Waals surface area contributed by atoms with Gasteiger partial charge in [-0.15, -0.1) is 0 Å². The molecule has 0 bridgehead atoms. The van der Waals surface area contributed by atoms with E-state index in [2.05, 4.69) is 17.6 Å². The zero-order chi connectivity index (χ0) is 17.7. The SMILES string of the molecule is C[C@H](C[C@@H]1CCCN1C(=O)OC(C)(C)C)NCC(=O)NCC1CC1. The number of carbonyl (C=O) groups excluding carboxylic acids is 2. The summed E-state index contributed by atoms with van der Waals surface area (Å²) in [5.41, 5.74) is -0.465. The van der Waals surface area contributed by atoms with E-state index in [-0.39, 0.29) is 24.1 Å². The Bertz CT molecular complexity index is 443. The Morgan fingerprint density at radius 3 is 2.58 bits per heavy atom. The average molecular weight is 339 g/mol. The number of hydrogen-bond donors (Lipinski definition) is 2. The molecule has 138 valence electrons. The lowest BCUT2D eigenvalue weighted by Crippen LogP contribution is -2.44. The van der Waals surface area contributed by atoms with Crippen molar-refractivity contribution < 1.29 is 14.3 Å². The lowest BCUT2D eigenvalue weighted by Gasteiger charge is -2.30. The second-order valence-electron chi connectivity index (χ2n) is 8.23. The van der Waals surface area contributed by atoms with E-state index in [1.54, 1.807) is 0 Å². The first kappa shape index (κ1) is 19.0. The van der Waals surface area contributed by atoms with Gasteiger partial charge in [-0.25, -0.2) is 4.79 Å². The highest BCUT2D eigenvalue weighted by Crippen LogP contribution is 2.27. The molecule has 0 aromatic heterocycles. The van der Waals surface area contributed by atoms with E-state index in [0.717, 1.165) is 32.4 Å². The Labute approximate surface area is 145 Å². The Morgan fingerprint density at radius 1 is 1.25 bits per heavy atom. The summed E-state index contributed by atoms with van der Waals surface area (Å²) in [4.78, 5) is 25.9. The minimum atomic E-state index is -0.465. The summed E-state index contributed by atoms with van der Waals surface area (Å²) >= 11 is 0. The highest BCUT2D eigenvalue weighted by molar-refractivity contribution is 5.78. The Hall–Kier alpha value is -1.30. The van der Waals surface area contributed by atoms with Crippen molar-refractivity contribution in [2.45, 2.75) is 77.5 Å². The number of hydrogen-bond acceptors (Lipinski definition) is 4. The maximum absolute atomic E-state index is 12.3. The van der Waals surface area contributed by atoms with Gasteiger partial charge in [0.15, 0.2) is 0 Å². The predicted octanol–water partition coefficient (Wildman–Crippen LogP) is 2.28. The zero-order valence-corrected chi connectivity index (χ0v) is 15.6. The average Bonchev–Trinajstić information content (AvgIpc) is 3.19. The molecule has 2 rings (SSSR count). The molecule has 1 aliphatic carbocycles. The topological polar surface area (TPSA) is 70.7 Å². The van der Waals surface area contributed by atoms with Gasteiger partial charge in [0.1, 0.15) is 5.60 Å². The molecule has 1 saturated carbocycles. The minimum Gasteiger partial charge on any atom is -0.444 e. The molecule has 2 fully saturated rings. The second kappa shape index (κ2) is 8.19. The van der Waals surface area contributed by atoms with Crippen molar-refractivity contribution >= 4 is 12.0 Å². The van der Waals surface area contributed by atoms with Crippen molar-refractivity contribution in [3.63, 3.8) is 0 Å². The summed E-state index contributed by atoms with van der Waals surface area (Å²) in [5.74, 6) is 0.761. The number of nitrogens with zero attached hydrogens (tertiary/aromatic N) is 1. The number of carbonyl (C=O) groups is 2. The number of likely N-dealkylation sites (tertiary alicyclic amines) is 1. The molecule has 2 N–H and O–H groups in total. The van der Waals surface area contributed by atoms with Crippen LogP contribution in [0.25, 0.3) is 0 Å². The number of nitrogens with one attached hydrogen (secondary N) is 2. The molecule has 0 aromatic rings. The fourth-order valence-corrected chi connectivity index (χ4v) is 3.04. The van der Waals surface area contributed by atoms with E-state index < -0.39 is 5.60 Å². The van der Waals surface area contributed by atoms with Gasteiger partial charge in [-0.3, -0.25) is 4.79 Å². The maximum Gasteiger partial charge on any atom is 0.410 e. The first-order chi connectivity index (χ1) is 11.2. The second-order valence-corrected chi connectivity index (χ2v) is 8.23. The highest BCUT2D eigenvalue weighted by Gasteiger charge is 2.32. The lowest BCUT2D eigenvalue weighted by atomic mass is 10.1. The molecule has 6 nitrogen and oxygen atoms in total. The fourth-order valence-electron chi connectivity index (χ4n) is 3.04. The van der Waals surface area contributed by atoms with Crippen molar-refractivity contribution in [3.8, 4) is 0 Å². The van der Waals surface area contributed by atoms with Crippen LogP contribution < -0.4 is 10.6 Å². The molecular weight excluding hydrogens is 306 g/mol. The standard InChI is InChI=1S/C18H33N3O3/c1-13(19-12-16(22)20-11-14-7-8-14)10-15-6-5-9-21(15)17(23)24-18(2,3)4/h13-15,19H,5-12H2,1-4H3,(H,20,22)/t13-,15+/m1/s1. The zero-order valence-electron chi connectivity index (χ0n) is 15.6. The third kappa shape index (κ3) is 6.67.